The van der Waals surface area contributed by atoms with Crippen LogP contribution >= 0.6 is 0 Å². The average molecular weight is 403 g/mol. The second-order valence-electron chi connectivity index (χ2n) is 8.09. The van der Waals surface area contributed by atoms with Gasteiger partial charge in [-0.3, -0.25) is 9.59 Å². The first-order chi connectivity index (χ1) is 14.7. The van der Waals surface area contributed by atoms with Crippen molar-refractivity contribution in [3.63, 3.8) is 0 Å². The molecule has 154 valence electrons. The van der Waals surface area contributed by atoms with Crippen LogP contribution in [0, 0.1) is 0 Å². The Morgan fingerprint density at radius 3 is 2.83 bits per heavy atom. The van der Waals surface area contributed by atoms with Crippen LogP contribution in [0.25, 0.3) is 10.9 Å². The minimum atomic E-state index is -0.0654. The second-order valence-corrected chi connectivity index (χ2v) is 8.09. The van der Waals surface area contributed by atoms with Gasteiger partial charge in [0.25, 0.3) is 0 Å². The van der Waals surface area contributed by atoms with Crippen LogP contribution in [0.2, 0.25) is 0 Å². The Morgan fingerprint density at radius 1 is 1.10 bits per heavy atom. The molecule has 0 bridgehead atoms. The molecular formula is C24H25N3O3. The number of nitrogens with one attached hydrogen (secondary N) is 1. The highest BCUT2D eigenvalue weighted by Gasteiger charge is 2.34. The molecule has 1 saturated heterocycles. The summed E-state index contributed by atoms with van der Waals surface area (Å²) in [6.07, 6.45) is 3.27. The normalized spacial score (nSPS) is 20.9. The molecule has 3 aromatic rings. The van der Waals surface area contributed by atoms with Crippen LogP contribution in [-0.2, 0) is 20.9 Å². The molecule has 2 aliphatic rings. The maximum Gasteiger partial charge on any atom is 0.246 e. The van der Waals surface area contributed by atoms with E-state index in [0.29, 0.717) is 26.1 Å². The molecule has 0 saturated carbocycles. The first kappa shape index (κ1) is 18.9. The Labute approximate surface area is 175 Å². The molecule has 6 heteroatoms. The molecule has 2 aliphatic heterocycles. The molecule has 0 aliphatic carbocycles. The van der Waals surface area contributed by atoms with Gasteiger partial charge in [0.05, 0.1) is 12.6 Å². The topological polar surface area (TPSA) is 63.6 Å². The summed E-state index contributed by atoms with van der Waals surface area (Å²) >= 11 is 0. The molecule has 1 fully saturated rings. The third kappa shape index (κ3) is 3.59. The van der Waals surface area contributed by atoms with Crippen LogP contribution in [-0.4, -0.2) is 42.2 Å². The van der Waals surface area contributed by atoms with Crippen molar-refractivity contribution < 1.29 is 14.3 Å². The number of morpholine rings is 1. The molecular weight excluding hydrogens is 378 g/mol. The van der Waals surface area contributed by atoms with Crippen molar-refractivity contribution in [1.29, 1.82) is 0 Å². The number of carbonyl (C=O) groups is 2. The maximum atomic E-state index is 13.1. The number of rotatable bonds is 5. The van der Waals surface area contributed by atoms with Gasteiger partial charge in [0.1, 0.15) is 6.61 Å². The van der Waals surface area contributed by atoms with E-state index in [9.17, 15) is 9.59 Å². The Balaban J connectivity index is 1.29. The molecule has 2 unspecified atom stereocenters. The molecule has 2 aromatic carbocycles. The monoisotopic (exact) mass is 403 g/mol. The van der Waals surface area contributed by atoms with E-state index in [4.69, 9.17) is 4.74 Å². The Bertz CT molecular complexity index is 1090. The number of nitrogens with zero attached hydrogens (tertiary/aromatic N) is 2. The van der Waals surface area contributed by atoms with Crippen molar-refractivity contribution in [2.75, 3.05) is 24.7 Å². The minimum Gasteiger partial charge on any atom is -0.370 e. The molecule has 0 spiro atoms. The summed E-state index contributed by atoms with van der Waals surface area (Å²) in [4.78, 5) is 26.7. The number of fused-ring (bicyclic) bond motifs is 2. The number of para-hydroxylation sites is 2. The van der Waals surface area contributed by atoms with Crippen molar-refractivity contribution in [1.82, 2.24) is 9.88 Å². The highest BCUT2D eigenvalue weighted by Crippen LogP contribution is 2.39. The molecule has 3 heterocycles. The summed E-state index contributed by atoms with van der Waals surface area (Å²) in [6, 6.07) is 18.4. The zero-order valence-electron chi connectivity index (χ0n) is 16.8. The average Bonchev–Trinajstić information content (AvgIpc) is 3.34. The van der Waals surface area contributed by atoms with E-state index >= 15 is 0 Å². The van der Waals surface area contributed by atoms with Crippen molar-refractivity contribution in [3.8, 4) is 0 Å². The van der Waals surface area contributed by atoms with E-state index in [1.165, 1.54) is 10.9 Å². The van der Waals surface area contributed by atoms with E-state index in [2.05, 4.69) is 34.1 Å². The third-order valence-electron chi connectivity index (χ3n) is 6.10. The fourth-order valence-corrected chi connectivity index (χ4v) is 4.70. The van der Waals surface area contributed by atoms with E-state index in [1.807, 2.05) is 41.4 Å². The lowest BCUT2D eigenvalue weighted by molar-refractivity contribution is -0.131. The highest BCUT2D eigenvalue weighted by atomic mass is 16.5. The zero-order valence-corrected chi connectivity index (χ0v) is 16.8. The lowest BCUT2D eigenvalue weighted by Gasteiger charge is -2.26. The quantitative estimate of drug-likeness (QED) is 0.712. The number of carbonyl (C=O) groups excluding carboxylic acids is 2. The fourth-order valence-electron chi connectivity index (χ4n) is 4.70. The minimum absolute atomic E-state index is 0.00871. The predicted octanol–water partition coefficient (Wildman–Crippen LogP) is 3.07. The largest absolute Gasteiger partial charge is 0.370 e. The lowest BCUT2D eigenvalue weighted by Crippen LogP contribution is -2.46. The molecule has 1 aromatic heterocycles. The SMILES string of the molecule is O=C1COCC(CC2CN(C(=O)CCn3ccc4ccccc43)c3ccccc32)N1. The second kappa shape index (κ2) is 7.95. The van der Waals surface area contributed by atoms with Gasteiger partial charge in [-0.15, -0.1) is 0 Å². The number of hydrogen-bond acceptors (Lipinski definition) is 3. The zero-order chi connectivity index (χ0) is 20.5. The van der Waals surface area contributed by atoms with Crippen molar-refractivity contribution in [2.45, 2.75) is 31.3 Å². The Kier molecular flexibility index (Phi) is 5.01. The van der Waals surface area contributed by atoms with Gasteiger partial charge in [0, 0.05) is 42.8 Å². The number of aryl methyl sites for hydroxylation is 1. The maximum absolute atomic E-state index is 13.1. The number of anilines is 1. The highest BCUT2D eigenvalue weighted by molar-refractivity contribution is 5.96. The van der Waals surface area contributed by atoms with Crippen molar-refractivity contribution in [3.05, 3.63) is 66.4 Å². The first-order valence-corrected chi connectivity index (χ1v) is 10.5. The summed E-state index contributed by atoms with van der Waals surface area (Å²) in [6.45, 7) is 1.97. The molecule has 1 N–H and O–H groups in total. The van der Waals surface area contributed by atoms with Gasteiger partial charge in [-0.05, 0) is 35.6 Å². The summed E-state index contributed by atoms with van der Waals surface area (Å²) < 4.78 is 7.53. The Morgan fingerprint density at radius 2 is 1.93 bits per heavy atom. The van der Waals surface area contributed by atoms with E-state index in [0.717, 1.165) is 17.6 Å². The van der Waals surface area contributed by atoms with Gasteiger partial charge in [-0.2, -0.15) is 0 Å². The van der Waals surface area contributed by atoms with Crippen LogP contribution in [0.5, 0.6) is 0 Å². The lowest BCUT2D eigenvalue weighted by atomic mass is 9.94. The Hall–Kier alpha value is -3.12. The number of aromatic nitrogens is 1. The summed E-state index contributed by atoms with van der Waals surface area (Å²) in [7, 11) is 0. The van der Waals surface area contributed by atoms with Crippen molar-refractivity contribution in [2.24, 2.45) is 0 Å². The number of hydrogen-bond donors (Lipinski definition) is 1. The van der Waals surface area contributed by atoms with E-state index in [1.54, 1.807) is 0 Å². The smallest absolute Gasteiger partial charge is 0.246 e. The van der Waals surface area contributed by atoms with Crippen LogP contribution in [0.15, 0.2) is 60.8 Å². The molecule has 0 radical (unpaired) electrons. The van der Waals surface area contributed by atoms with Crippen LogP contribution in [0.3, 0.4) is 0 Å². The van der Waals surface area contributed by atoms with Crippen molar-refractivity contribution >= 4 is 28.4 Å². The molecule has 5 rings (SSSR count). The predicted molar refractivity (Wildman–Crippen MR) is 115 cm³/mol. The van der Waals surface area contributed by atoms with E-state index in [-0.39, 0.29) is 30.4 Å². The number of amides is 2. The summed E-state index contributed by atoms with van der Waals surface area (Å²) in [5, 5.41) is 4.20. The van der Waals surface area contributed by atoms with Crippen LogP contribution < -0.4 is 10.2 Å². The third-order valence-corrected chi connectivity index (χ3v) is 6.10. The number of ether oxygens (including phenoxy) is 1. The molecule has 2 amide bonds. The van der Waals surface area contributed by atoms with Crippen LogP contribution in [0.1, 0.15) is 24.3 Å². The van der Waals surface area contributed by atoms with Crippen LogP contribution in [0.4, 0.5) is 5.69 Å². The van der Waals surface area contributed by atoms with Gasteiger partial charge in [-0.1, -0.05) is 36.4 Å². The van der Waals surface area contributed by atoms with Gasteiger partial charge >= 0.3 is 0 Å². The molecule has 6 nitrogen and oxygen atoms in total. The van der Waals surface area contributed by atoms with Gasteiger partial charge < -0.3 is 19.5 Å². The van der Waals surface area contributed by atoms with Gasteiger partial charge in [0.2, 0.25) is 11.8 Å². The van der Waals surface area contributed by atoms with Gasteiger partial charge in [0.15, 0.2) is 0 Å². The first-order valence-electron chi connectivity index (χ1n) is 10.5. The fraction of sp³-hybridized carbons (Fsp3) is 0.333. The number of benzene rings is 2. The van der Waals surface area contributed by atoms with Gasteiger partial charge in [-0.25, -0.2) is 0 Å². The molecule has 30 heavy (non-hydrogen) atoms. The standard InChI is InChI=1S/C24H25N3O3/c28-23-16-30-15-19(25-23)13-18-14-27(22-8-4-2-6-20(18)22)24(29)10-12-26-11-9-17-5-1-3-7-21(17)26/h1-9,11,18-19H,10,12-16H2,(H,25,28). The van der Waals surface area contributed by atoms with E-state index < -0.39 is 0 Å². The molecule has 2 atom stereocenters. The summed E-state index contributed by atoms with van der Waals surface area (Å²) in [5.41, 5.74) is 3.32. The summed E-state index contributed by atoms with van der Waals surface area (Å²) in [5.74, 6) is 0.264.